The monoisotopic (exact) mass is 261 g/mol. The average Bonchev–Trinajstić information content (AvgIpc) is 2.84. The van der Waals surface area contributed by atoms with Crippen molar-refractivity contribution in [2.24, 2.45) is 12.9 Å². The Morgan fingerprint density at radius 2 is 2.11 bits per heavy atom. The van der Waals surface area contributed by atoms with Crippen LogP contribution in [0.3, 0.4) is 0 Å². The first-order chi connectivity index (χ1) is 9.21. The topological polar surface area (TPSA) is 78.0 Å². The predicted octanol–water partition coefficient (Wildman–Crippen LogP) is 0.441. The van der Waals surface area contributed by atoms with Gasteiger partial charge in [-0.2, -0.15) is 5.10 Å². The molecule has 6 heteroatoms. The first kappa shape index (κ1) is 13.5. The number of nitrogens with two attached hydrogens (primary N) is 1. The van der Waals surface area contributed by atoms with Crippen LogP contribution in [0.2, 0.25) is 0 Å². The molecule has 2 aromatic rings. The minimum atomic E-state index is 0.152. The molecule has 2 rings (SSSR count). The number of pyridine rings is 1. The van der Waals surface area contributed by atoms with E-state index < -0.39 is 0 Å². The minimum absolute atomic E-state index is 0.152. The normalized spacial score (nSPS) is 12.4. The van der Waals surface area contributed by atoms with Crippen LogP contribution in [0, 0.1) is 0 Å². The highest BCUT2D eigenvalue weighted by molar-refractivity contribution is 5.19. The van der Waals surface area contributed by atoms with Crippen molar-refractivity contribution in [1.29, 1.82) is 0 Å². The third kappa shape index (κ3) is 3.77. The molecule has 19 heavy (non-hydrogen) atoms. The van der Waals surface area contributed by atoms with Crippen molar-refractivity contribution in [2.75, 3.05) is 7.11 Å². The van der Waals surface area contributed by atoms with Crippen molar-refractivity contribution < 1.29 is 4.74 Å². The van der Waals surface area contributed by atoms with Gasteiger partial charge in [0.15, 0.2) is 0 Å². The molecule has 102 valence electrons. The van der Waals surface area contributed by atoms with Crippen LogP contribution in [0.25, 0.3) is 0 Å². The Hall–Kier alpha value is -1.92. The van der Waals surface area contributed by atoms with Gasteiger partial charge in [-0.15, -0.1) is 0 Å². The van der Waals surface area contributed by atoms with E-state index in [1.807, 2.05) is 37.8 Å². The molecule has 6 nitrogen and oxygen atoms in total. The van der Waals surface area contributed by atoms with E-state index in [1.165, 1.54) is 0 Å². The molecule has 0 aliphatic carbocycles. The Morgan fingerprint density at radius 1 is 1.32 bits per heavy atom. The van der Waals surface area contributed by atoms with Gasteiger partial charge in [0, 0.05) is 31.5 Å². The molecule has 1 unspecified atom stereocenters. The summed E-state index contributed by atoms with van der Waals surface area (Å²) in [6.07, 6.45) is 7.30. The zero-order chi connectivity index (χ0) is 13.7. The van der Waals surface area contributed by atoms with E-state index in [4.69, 9.17) is 10.6 Å². The molecule has 0 aromatic carbocycles. The zero-order valence-corrected chi connectivity index (χ0v) is 11.2. The molecule has 0 spiro atoms. The van der Waals surface area contributed by atoms with Crippen LogP contribution in [-0.4, -0.2) is 27.9 Å². The van der Waals surface area contributed by atoms with E-state index in [0.717, 1.165) is 24.0 Å². The van der Waals surface area contributed by atoms with Gasteiger partial charge in [-0.1, -0.05) is 6.07 Å². The number of methoxy groups -OCH3 is 1. The van der Waals surface area contributed by atoms with Gasteiger partial charge >= 0.3 is 0 Å². The second kappa shape index (κ2) is 6.31. The van der Waals surface area contributed by atoms with Crippen LogP contribution in [0.1, 0.15) is 11.1 Å². The minimum Gasteiger partial charge on any atom is -0.481 e. The summed E-state index contributed by atoms with van der Waals surface area (Å²) >= 11 is 0. The summed E-state index contributed by atoms with van der Waals surface area (Å²) < 4.78 is 6.83. The van der Waals surface area contributed by atoms with Crippen molar-refractivity contribution in [2.45, 2.75) is 18.9 Å². The lowest BCUT2D eigenvalue weighted by Crippen LogP contribution is -2.38. The molecule has 0 saturated heterocycles. The summed E-state index contributed by atoms with van der Waals surface area (Å²) in [5.41, 5.74) is 5.12. The van der Waals surface area contributed by atoms with E-state index in [-0.39, 0.29) is 6.04 Å². The number of hydrogen-bond acceptors (Lipinski definition) is 5. The Balaban J connectivity index is 1.97. The summed E-state index contributed by atoms with van der Waals surface area (Å²) in [4.78, 5) is 4.19. The number of nitrogens with zero attached hydrogens (tertiary/aromatic N) is 3. The quantitative estimate of drug-likeness (QED) is 0.583. The Morgan fingerprint density at radius 3 is 2.63 bits per heavy atom. The fourth-order valence-corrected chi connectivity index (χ4v) is 1.99. The second-order valence-corrected chi connectivity index (χ2v) is 4.50. The van der Waals surface area contributed by atoms with Crippen LogP contribution in [0.4, 0.5) is 0 Å². The zero-order valence-electron chi connectivity index (χ0n) is 11.2. The third-order valence-corrected chi connectivity index (χ3v) is 2.96. The summed E-state index contributed by atoms with van der Waals surface area (Å²) in [5, 5.41) is 4.15. The second-order valence-electron chi connectivity index (χ2n) is 4.50. The van der Waals surface area contributed by atoms with Gasteiger partial charge < -0.3 is 4.74 Å². The van der Waals surface area contributed by atoms with Crippen LogP contribution in [0.5, 0.6) is 5.88 Å². The Labute approximate surface area is 112 Å². The van der Waals surface area contributed by atoms with Crippen molar-refractivity contribution >= 4 is 0 Å². The molecule has 0 aliphatic heterocycles. The van der Waals surface area contributed by atoms with Gasteiger partial charge in [-0.3, -0.25) is 16.0 Å². The summed E-state index contributed by atoms with van der Waals surface area (Å²) in [7, 11) is 3.51. The Kier molecular flexibility index (Phi) is 4.48. The van der Waals surface area contributed by atoms with E-state index in [1.54, 1.807) is 11.8 Å². The van der Waals surface area contributed by atoms with Gasteiger partial charge in [0.1, 0.15) is 0 Å². The number of aryl methyl sites for hydroxylation is 1. The molecular formula is C13H19N5O. The summed E-state index contributed by atoms with van der Waals surface area (Å²) in [6.45, 7) is 0. The van der Waals surface area contributed by atoms with Gasteiger partial charge in [0.2, 0.25) is 5.88 Å². The third-order valence-electron chi connectivity index (χ3n) is 2.96. The number of ether oxygens (including phenoxy) is 1. The van der Waals surface area contributed by atoms with Crippen LogP contribution in [0.15, 0.2) is 30.7 Å². The number of rotatable bonds is 6. The average molecular weight is 261 g/mol. The first-order valence-corrected chi connectivity index (χ1v) is 6.14. The molecule has 0 saturated carbocycles. The van der Waals surface area contributed by atoms with Crippen LogP contribution >= 0.6 is 0 Å². The largest absolute Gasteiger partial charge is 0.481 e. The molecule has 2 heterocycles. The Bertz CT molecular complexity index is 508. The number of aromatic nitrogens is 3. The predicted molar refractivity (Wildman–Crippen MR) is 72.5 cm³/mol. The fourth-order valence-electron chi connectivity index (χ4n) is 1.99. The maximum Gasteiger partial charge on any atom is 0.212 e. The van der Waals surface area contributed by atoms with Gasteiger partial charge in [-0.25, -0.2) is 4.98 Å². The fraction of sp³-hybridized carbons (Fsp3) is 0.385. The molecule has 0 bridgehead atoms. The molecular weight excluding hydrogens is 242 g/mol. The summed E-state index contributed by atoms with van der Waals surface area (Å²) in [5.74, 6) is 6.23. The summed E-state index contributed by atoms with van der Waals surface area (Å²) in [6, 6.07) is 4.01. The number of nitrogens with one attached hydrogen (secondary N) is 1. The maximum absolute atomic E-state index is 5.61. The first-order valence-electron chi connectivity index (χ1n) is 6.14. The number of hydrogen-bond donors (Lipinski definition) is 2. The molecule has 0 amide bonds. The van der Waals surface area contributed by atoms with Crippen molar-refractivity contribution in [3.8, 4) is 5.88 Å². The van der Waals surface area contributed by atoms with Gasteiger partial charge in [0.05, 0.1) is 13.3 Å². The molecule has 0 radical (unpaired) electrons. The highest BCUT2D eigenvalue weighted by Crippen LogP contribution is 2.11. The smallest absolute Gasteiger partial charge is 0.212 e. The van der Waals surface area contributed by atoms with E-state index in [2.05, 4.69) is 15.5 Å². The number of hydrazine groups is 1. The van der Waals surface area contributed by atoms with Crippen LogP contribution < -0.4 is 16.0 Å². The molecule has 2 aromatic heterocycles. The van der Waals surface area contributed by atoms with E-state index in [9.17, 15) is 0 Å². The lowest BCUT2D eigenvalue weighted by Gasteiger charge is -2.14. The standard InChI is InChI=1S/C13H19N5O/c1-18-9-11(8-16-18)6-12(17-14)5-10-3-4-13(19-2)15-7-10/h3-4,7-9,12,17H,5-6,14H2,1-2H3. The van der Waals surface area contributed by atoms with Gasteiger partial charge in [0.25, 0.3) is 0 Å². The molecule has 1 atom stereocenters. The van der Waals surface area contributed by atoms with E-state index in [0.29, 0.717) is 5.88 Å². The SMILES string of the molecule is COc1ccc(CC(Cc2cnn(C)c2)NN)cn1. The van der Waals surface area contributed by atoms with Crippen molar-refractivity contribution in [3.05, 3.63) is 41.9 Å². The van der Waals surface area contributed by atoms with Gasteiger partial charge in [-0.05, 0) is 24.0 Å². The van der Waals surface area contributed by atoms with Crippen molar-refractivity contribution in [1.82, 2.24) is 20.2 Å². The maximum atomic E-state index is 5.61. The molecule has 3 N–H and O–H groups in total. The highest BCUT2D eigenvalue weighted by atomic mass is 16.5. The van der Waals surface area contributed by atoms with Crippen LogP contribution in [-0.2, 0) is 19.9 Å². The van der Waals surface area contributed by atoms with Crippen molar-refractivity contribution in [3.63, 3.8) is 0 Å². The lowest BCUT2D eigenvalue weighted by molar-refractivity contribution is 0.397. The molecule has 0 fully saturated rings. The molecule has 0 aliphatic rings. The highest BCUT2D eigenvalue weighted by Gasteiger charge is 2.10. The lowest BCUT2D eigenvalue weighted by atomic mass is 10.0. The van der Waals surface area contributed by atoms with E-state index >= 15 is 0 Å².